The lowest BCUT2D eigenvalue weighted by molar-refractivity contribution is 0.0696. The van der Waals surface area contributed by atoms with Gasteiger partial charge in [-0.2, -0.15) is 14.8 Å². The van der Waals surface area contributed by atoms with Gasteiger partial charge in [0.25, 0.3) is 0 Å². The first-order valence-corrected chi connectivity index (χ1v) is 5.30. The van der Waals surface area contributed by atoms with Gasteiger partial charge in [-0.25, -0.2) is 4.79 Å². The Morgan fingerprint density at radius 2 is 2.17 bits per heavy atom. The van der Waals surface area contributed by atoms with Crippen LogP contribution in [0.3, 0.4) is 0 Å². The van der Waals surface area contributed by atoms with E-state index in [2.05, 4.69) is 10.1 Å². The van der Waals surface area contributed by atoms with E-state index < -0.39 is 5.97 Å². The zero-order valence-corrected chi connectivity index (χ0v) is 9.49. The molecule has 3 aromatic rings. The molecule has 0 aliphatic carbocycles. The molecule has 2 heterocycles. The van der Waals surface area contributed by atoms with Gasteiger partial charge >= 0.3 is 12.0 Å². The van der Waals surface area contributed by atoms with Gasteiger partial charge in [0.1, 0.15) is 11.1 Å². The van der Waals surface area contributed by atoms with Gasteiger partial charge in [-0.1, -0.05) is 12.1 Å². The predicted molar refractivity (Wildman–Crippen MR) is 62.8 cm³/mol. The summed E-state index contributed by atoms with van der Waals surface area (Å²) in [6.07, 6.45) is 1.39. The smallest absolute Gasteiger partial charge is 0.339 e. The number of hydrogen-bond donors (Lipinski definition) is 1. The summed E-state index contributed by atoms with van der Waals surface area (Å²) >= 11 is 0. The van der Waals surface area contributed by atoms with Gasteiger partial charge in [-0.15, -0.1) is 0 Å². The fraction of sp³-hybridized carbons (Fsp3) is 0.0833. The second-order valence-electron chi connectivity index (χ2n) is 3.84. The number of oxazole rings is 1. The van der Waals surface area contributed by atoms with Gasteiger partial charge in [0.15, 0.2) is 5.58 Å². The SMILES string of the molecule is Cc1nn(-c2nc3ccccc3o2)cc1C(=O)O. The first kappa shape index (κ1) is 10.5. The van der Waals surface area contributed by atoms with Gasteiger partial charge in [0.2, 0.25) is 0 Å². The molecular formula is C12H9N3O3. The number of hydrogen-bond acceptors (Lipinski definition) is 4. The molecule has 2 aromatic heterocycles. The van der Waals surface area contributed by atoms with Crippen molar-refractivity contribution >= 4 is 17.1 Å². The molecule has 0 spiro atoms. The van der Waals surface area contributed by atoms with Crippen LogP contribution >= 0.6 is 0 Å². The van der Waals surface area contributed by atoms with E-state index in [1.54, 1.807) is 13.0 Å². The third kappa shape index (κ3) is 1.55. The topological polar surface area (TPSA) is 81.2 Å². The summed E-state index contributed by atoms with van der Waals surface area (Å²) in [5, 5.41) is 13.0. The fourth-order valence-corrected chi connectivity index (χ4v) is 1.73. The maximum Gasteiger partial charge on any atom is 0.339 e. The van der Waals surface area contributed by atoms with Crippen molar-refractivity contribution < 1.29 is 14.3 Å². The molecule has 0 bridgehead atoms. The zero-order chi connectivity index (χ0) is 12.7. The molecule has 0 saturated carbocycles. The summed E-state index contributed by atoms with van der Waals surface area (Å²) < 4.78 is 6.83. The van der Waals surface area contributed by atoms with Crippen LogP contribution in [0.25, 0.3) is 17.1 Å². The molecule has 1 aromatic carbocycles. The Labute approximate surface area is 101 Å². The van der Waals surface area contributed by atoms with E-state index in [0.717, 1.165) is 0 Å². The van der Waals surface area contributed by atoms with Crippen LogP contribution in [0.2, 0.25) is 0 Å². The van der Waals surface area contributed by atoms with E-state index in [0.29, 0.717) is 16.8 Å². The Bertz CT molecular complexity index is 709. The van der Waals surface area contributed by atoms with E-state index in [1.165, 1.54) is 10.9 Å². The molecule has 0 aliphatic heterocycles. The molecule has 0 aliphatic rings. The molecule has 18 heavy (non-hydrogen) atoms. The first-order chi connectivity index (χ1) is 8.65. The largest absolute Gasteiger partial charge is 0.478 e. The molecule has 3 rings (SSSR count). The highest BCUT2D eigenvalue weighted by Gasteiger charge is 2.15. The monoisotopic (exact) mass is 243 g/mol. The summed E-state index contributed by atoms with van der Waals surface area (Å²) in [5.74, 6) is -1.02. The first-order valence-electron chi connectivity index (χ1n) is 5.30. The number of carboxylic acids is 1. The number of aryl methyl sites for hydroxylation is 1. The molecule has 0 amide bonds. The molecule has 90 valence electrons. The van der Waals surface area contributed by atoms with Gasteiger partial charge in [0, 0.05) is 0 Å². The Morgan fingerprint density at radius 3 is 2.83 bits per heavy atom. The number of benzene rings is 1. The van der Waals surface area contributed by atoms with Crippen LogP contribution in [0, 0.1) is 6.92 Å². The maximum absolute atomic E-state index is 10.9. The third-order valence-electron chi connectivity index (χ3n) is 2.61. The molecule has 0 unspecified atom stereocenters. The minimum absolute atomic E-state index is 0.136. The van der Waals surface area contributed by atoms with Crippen molar-refractivity contribution in [3.05, 3.63) is 41.7 Å². The normalized spacial score (nSPS) is 10.9. The number of rotatable bonds is 2. The minimum atomic E-state index is -1.02. The number of para-hydroxylation sites is 2. The predicted octanol–water partition coefficient (Wildman–Crippen LogP) is 2.02. The van der Waals surface area contributed by atoms with Crippen LogP contribution in [-0.2, 0) is 0 Å². The third-order valence-corrected chi connectivity index (χ3v) is 2.61. The Morgan fingerprint density at radius 1 is 1.39 bits per heavy atom. The Balaban J connectivity index is 2.14. The quantitative estimate of drug-likeness (QED) is 0.744. The molecule has 1 N–H and O–H groups in total. The average molecular weight is 243 g/mol. The van der Waals surface area contributed by atoms with Crippen LogP contribution in [-0.4, -0.2) is 25.8 Å². The summed E-state index contributed by atoms with van der Waals surface area (Å²) in [6.45, 7) is 1.63. The van der Waals surface area contributed by atoms with Crippen LogP contribution in [0.5, 0.6) is 0 Å². The van der Waals surface area contributed by atoms with E-state index in [-0.39, 0.29) is 11.6 Å². The van der Waals surface area contributed by atoms with Crippen LogP contribution in [0.1, 0.15) is 16.1 Å². The highest BCUT2D eigenvalue weighted by Crippen LogP contribution is 2.18. The Hall–Kier alpha value is -2.63. The summed E-state index contributed by atoms with van der Waals surface area (Å²) in [4.78, 5) is 15.2. The average Bonchev–Trinajstić information content (AvgIpc) is 2.91. The number of aromatic nitrogens is 3. The minimum Gasteiger partial charge on any atom is -0.478 e. The standard InChI is InChI=1S/C12H9N3O3/c1-7-8(11(16)17)6-15(14-7)12-13-9-4-2-3-5-10(9)18-12/h2-6H,1H3,(H,16,17). The van der Waals surface area contributed by atoms with E-state index in [4.69, 9.17) is 9.52 Å². The second-order valence-corrected chi connectivity index (χ2v) is 3.84. The number of aromatic carboxylic acids is 1. The van der Waals surface area contributed by atoms with Crippen molar-refractivity contribution in [1.82, 2.24) is 14.8 Å². The lowest BCUT2D eigenvalue weighted by Gasteiger charge is -1.90. The molecule has 6 nitrogen and oxygen atoms in total. The summed E-state index contributed by atoms with van der Waals surface area (Å²) in [5.41, 5.74) is 1.90. The number of carbonyl (C=O) groups is 1. The van der Waals surface area contributed by atoms with Crippen molar-refractivity contribution in [2.75, 3.05) is 0 Å². The van der Waals surface area contributed by atoms with Gasteiger partial charge < -0.3 is 9.52 Å². The molecular weight excluding hydrogens is 234 g/mol. The van der Waals surface area contributed by atoms with E-state index in [1.807, 2.05) is 18.2 Å². The van der Waals surface area contributed by atoms with E-state index in [9.17, 15) is 4.79 Å². The van der Waals surface area contributed by atoms with Gasteiger partial charge in [0.05, 0.1) is 11.9 Å². The molecule has 0 saturated heterocycles. The zero-order valence-electron chi connectivity index (χ0n) is 9.49. The van der Waals surface area contributed by atoms with Crippen molar-refractivity contribution in [3.63, 3.8) is 0 Å². The van der Waals surface area contributed by atoms with Crippen LogP contribution in [0.15, 0.2) is 34.9 Å². The second kappa shape index (κ2) is 3.69. The van der Waals surface area contributed by atoms with Crippen molar-refractivity contribution in [2.24, 2.45) is 0 Å². The molecule has 6 heteroatoms. The van der Waals surface area contributed by atoms with Crippen LogP contribution in [0.4, 0.5) is 0 Å². The summed E-state index contributed by atoms with van der Waals surface area (Å²) in [7, 11) is 0. The maximum atomic E-state index is 10.9. The van der Waals surface area contributed by atoms with Gasteiger partial charge in [-0.3, -0.25) is 0 Å². The van der Waals surface area contributed by atoms with Crippen LogP contribution < -0.4 is 0 Å². The molecule has 0 atom stereocenters. The van der Waals surface area contributed by atoms with Crippen molar-refractivity contribution in [2.45, 2.75) is 6.92 Å². The number of nitrogens with zero attached hydrogens (tertiary/aromatic N) is 3. The molecule has 0 radical (unpaired) electrons. The highest BCUT2D eigenvalue weighted by atomic mass is 16.4. The molecule has 0 fully saturated rings. The highest BCUT2D eigenvalue weighted by molar-refractivity contribution is 5.88. The van der Waals surface area contributed by atoms with Crippen molar-refractivity contribution in [3.8, 4) is 6.01 Å². The number of carboxylic acid groups (broad SMARTS) is 1. The number of fused-ring (bicyclic) bond motifs is 1. The fourth-order valence-electron chi connectivity index (χ4n) is 1.73. The van der Waals surface area contributed by atoms with E-state index >= 15 is 0 Å². The summed E-state index contributed by atoms with van der Waals surface area (Å²) in [6, 6.07) is 7.56. The lowest BCUT2D eigenvalue weighted by Crippen LogP contribution is -1.96. The lowest BCUT2D eigenvalue weighted by atomic mass is 10.3. The van der Waals surface area contributed by atoms with Crippen molar-refractivity contribution in [1.29, 1.82) is 0 Å². The van der Waals surface area contributed by atoms with Gasteiger partial charge in [-0.05, 0) is 19.1 Å². The Kier molecular flexibility index (Phi) is 2.16.